The van der Waals surface area contributed by atoms with Crippen LogP contribution in [0.1, 0.15) is 6.92 Å². The predicted octanol–water partition coefficient (Wildman–Crippen LogP) is 0.180. The van der Waals surface area contributed by atoms with E-state index in [1.807, 2.05) is 0 Å². The Labute approximate surface area is 77.0 Å². The van der Waals surface area contributed by atoms with Crippen LogP contribution in [-0.2, 0) is 0 Å². The van der Waals surface area contributed by atoms with Crippen molar-refractivity contribution in [2.75, 3.05) is 11.1 Å². The summed E-state index contributed by atoms with van der Waals surface area (Å²) in [6, 6.07) is 7.43. The van der Waals surface area contributed by atoms with Crippen molar-refractivity contribution in [1.29, 1.82) is 0 Å². The molecule has 0 fully saturated rings. The van der Waals surface area contributed by atoms with Crippen LogP contribution in [0.2, 0.25) is 0 Å². The van der Waals surface area contributed by atoms with Gasteiger partial charge < -0.3 is 21.3 Å². The molecule has 0 spiro atoms. The Balaban J connectivity index is 2.69. The van der Waals surface area contributed by atoms with E-state index in [-0.39, 0.29) is 0 Å². The van der Waals surface area contributed by atoms with Gasteiger partial charge in [0.1, 0.15) is 0 Å². The molecule has 5 N–H and O–H groups in total. The smallest absolute Gasteiger partial charge is 0.171 e. The zero-order valence-electron chi connectivity index (χ0n) is 7.36. The number of anilines is 2. The Bertz CT molecular complexity index is 276. The highest BCUT2D eigenvalue weighted by molar-refractivity contribution is 5.65. The summed E-state index contributed by atoms with van der Waals surface area (Å²) in [4.78, 5) is 0. The van der Waals surface area contributed by atoms with Crippen LogP contribution in [0.5, 0.6) is 0 Å². The number of nitrogens with two attached hydrogens (primary N) is 1. The molecule has 0 amide bonds. The fraction of sp³-hybridized carbons (Fsp3) is 0.333. The molecule has 4 heteroatoms. The van der Waals surface area contributed by atoms with Crippen molar-refractivity contribution in [3.63, 3.8) is 0 Å². The topological polar surface area (TPSA) is 78.5 Å². The maximum atomic E-state index is 8.82. The third-order valence-corrected chi connectivity index (χ3v) is 1.73. The van der Waals surface area contributed by atoms with Crippen molar-refractivity contribution in [1.82, 2.24) is 0 Å². The van der Waals surface area contributed by atoms with E-state index in [0.29, 0.717) is 11.4 Å². The number of hydrogen-bond donors (Lipinski definition) is 4. The molecule has 71 valence electrons. The molecule has 0 heterocycles. The van der Waals surface area contributed by atoms with E-state index < -0.39 is 12.3 Å². The zero-order valence-corrected chi connectivity index (χ0v) is 7.36. The van der Waals surface area contributed by atoms with Crippen LogP contribution in [0.4, 0.5) is 11.4 Å². The van der Waals surface area contributed by atoms with Crippen LogP contribution in [0.15, 0.2) is 18.2 Å². The van der Waals surface area contributed by atoms with Crippen molar-refractivity contribution in [2.24, 2.45) is 0 Å². The molecule has 0 aliphatic rings. The second-order valence-corrected chi connectivity index (χ2v) is 2.86. The number of nitrogen functional groups attached to an aromatic ring is 1. The van der Waals surface area contributed by atoms with Crippen molar-refractivity contribution < 1.29 is 10.2 Å². The highest BCUT2D eigenvalue weighted by Crippen LogP contribution is 2.17. The lowest BCUT2D eigenvalue weighted by molar-refractivity contribution is -0.0491. The average Bonchev–Trinajstić information content (AvgIpc) is 2.08. The fourth-order valence-corrected chi connectivity index (χ4v) is 0.887. The Kier molecular flexibility index (Phi) is 3.11. The van der Waals surface area contributed by atoms with E-state index in [4.69, 9.17) is 15.9 Å². The van der Waals surface area contributed by atoms with Gasteiger partial charge in [0.2, 0.25) is 0 Å². The maximum absolute atomic E-state index is 8.82. The lowest BCUT2D eigenvalue weighted by atomic mass is 10.2. The quantitative estimate of drug-likeness (QED) is 0.396. The minimum atomic E-state index is -1.40. The SMILES string of the molecule is C[C@@H](Nc1c[c]ccc1N)C(O)O. The molecule has 0 aromatic heterocycles. The molecule has 0 unspecified atom stereocenters. The summed E-state index contributed by atoms with van der Waals surface area (Å²) in [6.07, 6.45) is -1.40. The van der Waals surface area contributed by atoms with Crippen LogP contribution in [-0.4, -0.2) is 22.5 Å². The Hall–Kier alpha value is -1.26. The van der Waals surface area contributed by atoms with Crippen LogP contribution in [0, 0.1) is 6.07 Å². The van der Waals surface area contributed by atoms with Gasteiger partial charge in [-0.2, -0.15) is 0 Å². The van der Waals surface area contributed by atoms with Crippen molar-refractivity contribution in [2.45, 2.75) is 19.3 Å². The summed E-state index contributed by atoms with van der Waals surface area (Å²) in [5, 5.41) is 20.5. The van der Waals surface area contributed by atoms with Crippen LogP contribution in [0.3, 0.4) is 0 Å². The Morgan fingerprint density at radius 3 is 2.77 bits per heavy atom. The number of nitrogens with one attached hydrogen (secondary N) is 1. The third kappa shape index (κ3) is 2.61. The van der Waals surface area contributed by atoms with Gasteiger partial charge in [0, 0.05) is 0 Å². The summed E-state index contributed by atoms with van der Waals surface area (Å²) in [7, 11) is 0. The van der Waals surface area contributed by atoms with Gasteiger partial charge in [-0.05, 0) is 25.1 Å². The standard InChI is InChI=1S/C9H13N2O2/c1-6(9(12)13)11-8-5-3-2-4-7(8)10/h2,4-6,9,11-13H,10H2,1H3/t6-/m1/s1. The molecule has 1 aromatic rings. The summed E-state index contributed by atoms with van der Waals surface area (Å²) < 4.78 is 0. The third-order valence-electron chi connectivity index (χ3n) is 1.73. The van der Waals surface area contributed by atoms with Gasteiger partial charge in [-0.1, -0.05) is 6.07 Å². The molecular formula is C9H13N2O2. The van der Waals surface area contributed by atoms with Crippen LogP contribution >= 0.6 is 0 Å². The molecule has 1 radical (unpaired) electrons. The van der Waals surface area contributed by atoms with Crippen LogP contribution in [0.25, 0.3) is 0 Å². The fourth-order valence-electron chi connectivity index (χ4n) is 0.887. The lowest BCUT2D eigenvalue weighted by Crippen LogP contribution is -2.30. The summed E-state index contributed by atoms with van der Waals surface area (Å²) >= 11 is 0. The van der Waals surface area contributed by atoms with E-state index in [0.717, 1.165) is 0 Å². The summed E-state index contributed by atoms with van der Waals surface area (Å²) in [6.45, 7) is 1.65. The second-order valence-electron chi connectivity index (χ2n) is 2.86. The van der Waals surface area contributed by atoms with Crippen molar-refractivity contribution in [3.8, 4) is 0 Å². The molecule has 0 saturated heterocycles. The minimum Gasteiger partial charge on any atom is -0.397 e. The van der Waals surface area contributed by atoms with E-state index in [2.05, 4.69) is 11.4 Å². The van der Waals surface area contributed by atoms with Gasteiger partial charge in [0.25, 0.3) is 0 Å². The molecule has 1 rings (SSSR count). The Morgan fingerprint density at radius 2 is 2.23 bits per heavy atom. The van der Waals surface area contributed by atoms with E-state index in [1.165, 1.54) is 0 Å². The first kappa shape index (κ1) is 9.83. The minimum absolute atomic E-state index is 0.460. The van der Waals surface area contributed by atoms with Crippen molar-refractivity contribution >= 4 is 11.4 Å². The molecule has 0 saturated carbocycles. The van der Waals surface area contributed by atoms with E-state index in [1.54, 1.807) is 25.1 Å². The molecule has 4 nitrogen and oxygen atoms in total. The van der Waals surface area contributed by atoms with Gasteiger partial charge in [0.05, 0.1) is 17.4 Å². The molecule has 1 atom stereocenters. The first-order valence-corrected chi connectivity index (χ1v) is 3.99. The number of hydrogen-bond acceptors (Lipinski definition) is 4. The molecule has 0 aliphatic heterocycles. The first-order chi connectivity index (χ1) is 6.11. The van der Waals surface area contributed by atoms with Gasteiger partial charge in [-0.3, -0.25) is 0 Å². The molecule has 1 aromatic carbocycles. The first-order valence-electron chi connectivity index (χ1n) is 3.99. The largest absolute Gasteiger partial charge is 0.397 e. The maximum Gasteiger partial charge on any atom is 0.171 e. The highest BCUT2D eigenvalue weighted by atomic mass is 16.5. The Morgan fingerprint density at radius 1 is 1.54 bits per heavy atom. The second kappa shape index (κ2) is 4.11. The highest BCUT2D eigenvalue weighted by Gasteiger charge is 2.10. The molecule has 0 aliphatic carbocycles. The van der Waals surface area contributed by atoms with Crippen LogP contribution < -0.4 is 11.1 Å². The van der Waals surface area contributed by atoms with Gasteiger partial charge in [-0.25, -0.2) is 0 Å². The van der Waals surface area contributed by atoms with Gasteiger partial charge >= 0.3 is 0 Å². The summed E-state index contributed by atoms with van der Waals surface area (Å²) in [5.41, 5.74) is 6.84. The van der Waals surface area contributed by atoms with Gasteiger partial charge in [-0.15, -0.1) is 0 Å². The van der Waals surface area contributed by atoms with E-state index in [9.17, 15) is 0 Å². The number of aliphatic hydroxyl groups excluding tert-OH is 1. The molecular weight excluding hydrogens is 168 g/mol. The summed E-state index contributed by atoms with van der Waals surface area (Å²) in [5.74, 6) is 0. The predicted molar refractivity (Wildman–Crippen MR) is 51.0 cm³/mol. The average molecular weight is 181 g/mol. The number of benzene rings is 1. The zero-order chi connectivity index (χ0) is 9.84. The van der Waals surface area contributed by atoms with E-state index >= 15 is 0 Å². The lowest BCUT2D eigenvalue weighted by Gasteiger charge is -2.17. The number of rotatable bonds is 3. The normalized spacial score (nSPS) is 12.9. The monoisotopic (exact) mass is 181 g/mol. The van der Waals surface area contributed by atoms with Crippen molar-refractivity contribution in [3.05, 3.63) is 24.3 Å². The van der Waals surface area contributed by atoms with Gasteiger partial charge in [0.15, 0.2) is 6.29 Å². The molecule has 13 heavy (non-hydrogen) atoms. The number of aliphatic hydroxyl groups is 2. The molecule has 0 bridgehead atoms.